The van der Waals surface area contributed by atoms with Crippen molar-refractivity contribution in [2.75, 3.05) is 10.8 Å². The van der Waals surface area contributed by atoms with Gasteiger partial charge in [0, 0.05) is 5.02 Å². The van der Waals surface area contributed by atoms with Crippen molar-refractivity contribution in [3.63, 3.8) is 0 Å². The van der Waals surface area contributed by atoms with E-state index in [9.17, 15) is 13.2 Å². The van der Waals surface area contributed by atoms with E-state index in [0.29, 0.717) is 22.0 Å². The molecule has 0 saturated carbocycles. The Bertz CT molecular complexity index is 1090. The third-order valence-electron chi connectivity index (χ3n) is 4.44. The van der Waals surface area contributed by atoms with Gasteiger partial charge in [0.05, 0.1) is 23.4 Å². The number of sulfonamides is 1. The molecule has 3 aromatic rings. The van der Waals surface area contributed by atoms with Crippen molar-refractivity contribution in [1.82, 2.24) is 5.32 Å². The zero-order chi connectivity index (χ0) is 21.0. The number of benzene rings is 2. The summed E-state index contributed by atoms with van der Waals surface area (Å²) in [5, 5.41) is 3.10. The second kappa shape index (κ2) is 8.71. The van der Waals surface area contributed by atoms with Gasteiger partial charge < -0.3 is 9.73 Å². The first-order valence-corrected chi connectivity index (χ1v) is 10.7. The van der Waals surface area contributed by atoms with Gasteiger partial charge >= 0.3 is 0 Å². The van der Waals surface area contributed by atoms with E-state index in [1.165, 1.54) is 18.4 Å². The molecular weight excluding hydrogens is 412 g/mol. The van der Waals surface area contributed by atoms with Gasteiger partial charge in [-0.3, -0.25) is 9.10 Å². The molecule has 6 nitrogen and oxygen atoms in total. The van der Waals surface area contributed by atoms with Crippen molar-refractivity contribution >= 4 is 33.2 Å². The zero-order valence-electron chi connectivity index (χ0n) is 16.1. The maximum absolute atomic E-state index is 13.4. The standard InChI is InChI=1S/C21H21ClN2O4S/c1-15-8-10-18(11-9-15)29(26,27)24(20-7-3-6-19(22)16(20)2)14-21(25)23-13-17-5-4-12-28-17/h3-12H,13-14H2,1-2H3,(H,23,25). The number of amides is 1. The lowest BCUT2D eigenvalue weighted by molar-refractivity contribution is -0.119. The van der Waals surface area contributed by atoms with E-state index in [1.807, 2.05) is 6.92 Å². The van der Waals surface area contributed by atoms with Crippen molar-refractivity contribution in [1.29, 1.82) is 0 Å². The Morgan fingerprint density at radius 2 is 1.79 bits per heavy atom. The van der Waals surface area contributed by atoms with Gasteiger partial charge in [0.2, 0.25) is 5.91 Å². The fourth-order valence-corrected chi connectivity index (χ4v) is 4.44. The second-order valence-electron chi connectivity index (χ2n) is 6.56. The second-order valence-corrected chi connectivity index (χ2v) is 8.83. The fraction of sp³-hybridized carbons (Fsp3) is 0.190. The van der Waals surface area contributed by atoms with Crippen LogP contribution in [0.4, 0.5) is 5.69 Å². The number of halogens is 1. The maximum Gasteiger partial charge on any atom is 0.264 e. The minimum absolute atomic E-state index is 0.0984. The summed E-state index contributed by atoms with van der Waals surface area (Å²) in [5.74, 6) is 0.113. The molecule has 0 atom stereocenters. The molecule has 0 bridgehead atoms. The first kappa shape index (κ1) is 21.0. The third kappa shape index (κ3) is 4.81. The first-order valence-electron chi connectivity index (χ1n) is 8.92. The quantitative estimate of drug-likeness (QED) is 0.610. The van der Waals surface area contributed by atoms with Gasteiger partial charge in [-0.2, -0.15) is 0 Å². The van der Waals surface area contributed by atoms with Gasteiger partial charge in [-0.05, 0) is 55.8 Å². The predicted octanol–water partition coefficient (Wildman–Crippen LogP) is 4.06. The Labute approximate surface area is 175 Å². The van der Waals surface area contributed by atoms with E-state index in [0.717, 1.165) is 9.87 Å². The van der Waals surface area contributed by atoms with Crippen LogP contribution in [0.5, 0.6) is 0 Å². The molecule has 0 aliphatic rings. The summed E-state index contributed by atoms with van der Waals surface area (Å²) in [5.41, 5.74) is 1.86. The van der Waals surface area contributed by atoms with Crippen LogP contribution in [0.3, 0.4) is 0 Å². The van der Waals surface area contributed by atoms with Crippen LogP contribution in [0.1, 0.15) is 16.9 Å². The predicted molar refractivity (Wildman–Crippen MR) is 112 cm³/mol. The number of nitrogens with one attached hydrogen (secondary N) is 1. The van der Waals surface area contributed by atoms with Crippen molar-refractivity contribution < 1.29 is 17.6 Å². The normalized spacial score (nSPS) is 11.3. The molecular formula is C21H21ClN2O4S. The van der Waals surface area contributed by atoms with Gasteiger partial charge in [0.1, 0.15) is 12.3 Å². The number of nitrogens with zero attached hydrogens (tertiary/aromatic N) is 1. The number of aryl methyl sites for hydroxylation is 1. The molecule has 0 aliphatic carbocycles. The van der Waals surface area contributed by atoms with Gasteiger partial charge in [-0.25, -0.2) is 8.42 Å². The molecule has 8 heteroatoms. The Balaban J connectivity index is 1.94. The summed E-state index contributed by atoms with van der Waals surface area (Å²) < 4.78 is 33.0. The zero-order valence-corrected chi connectivity index (χ0v) is 17.6. The third-order valence-corrected chi connectivity index (χ3v) is 6.63. The van der Waals surface area contributed by atoms with Crippen molar-refractivity contribution in [2.45, 2.75) is 25.3 Å². The van der Waals surface area contributed by atoms with Crippen LogP contribution < -0.4 is 9.62 Å². The van der Waals surface area contributed by atoms with E-state index in [2.05, 4.69) is 5.32 Å². The molecule has 1 heterocycles. The fourth-order valence-electron chi connectivity index (χ4n) is 2.79. The van der Waals surface area contributed by atoms with Crippen LogP contribution >= 0.6 is 11.6 Å². The molecule has 0 aliphatic heterocycles. The van der Waals surface area contributed by atoms with Crippen LogP contribution in [-0.2, 0) is 21.4 Å². The summed E-state index contributed by atoms with van der Waals surface area (Å²) in [7, 11) is -3.99. The first-order chi connectivity index (χ1) is 13.8. The Kier molecular flexibility index (Phi) is 6.30. The smallest absolute Gasteiger partial charge is 0.264 e. The van der Waals surface area contributed by atoms with E-state index in [-0.39, 0.29) is 11.4 Å². The van der Waals surface area contributed by atoms with E-state index in [1.54, 1.807) is 49.4 Å². The lowest BCUT2D eigenvalue weighted by atomic mass is 10.2. The molecule has 1 amide bonds. The number of anilines is 1. The van der Waals surface area contributed by atoms with E-state index >= 15 is 0 Å². The largest absolute Gasteiger partial charge is 0.467 e. The number of furan rings is 1. The van der Waals surface area contributed by atoms with Crippen molar-refractivity contribution in [3.8, 4) is 0 Å². The molecule has 0 saturated heterocycles. The number of carbonyl (C=O) groups is 1. The summed E-state index contributed by atoms with van der Waals surface area (Å²) in [6.07, 6.45) is 1.50. The minimum atomic E-state index is -3.99. The Morgan fingerprint density at radius 1 is 1.07 bits per heavy atom. The molecule has 2 aromatic carbocycles. The van der Waals surface area contributed by atoms with Gasteiger partial charge in [0.25, 0.3) is 10.0 Å². The topological polar surface area (TPSA) is 79.6 Å². The van der Waals surface area contributed by atoms with Crippen LogP contribution in [0.15, 0.2) is 70.2 Å². The minimum Gasteiger partial charge on any atom is -0.467 e. The lowest BCUT2D eigenvalue weighted by Gasteiger charge is -2.26. The van der Waals surface area contributed by atoms with Gasteiger partial charge in [-0.1, -0.05) is 35.4 Å². The number of carbonyl (C=O) groups excluding carboxylic acids is 1. The average Bonchev–Trinajstić information content (AvgIpc) is 3.21. The molecule has 0 spiro atoms. The monoisotopic (exact) mass is 432 g/mol. The van der Waals surface area contributed by atoms with Crippen LogP contribution in [-0.4, -0.2) is 20.9 Å². The molecule has 0 unspecified atom stereocenters. The van der Waals surface area contributed by atoms with Crippen LogP contribution in [0.2, 0.25) is 5.02 Å². The molecule has 3 rings (SSSR count). The highest BCUT2D eigenvalue weighted by Crippen LogP contribution is 2.30. The van der Waals surface area contributed by atoms with E-state index < -0.39 is 22.5 Å². The van der Waals surface area contributed by atoms with Crippen LogP contribution in [0, 0.1) is 13.8 Å². The highest BCUT2D eigenvalue weighted by atomic mass is 35.5. The molecule has 29 heavy (non-hydrogen) atoms. The van der Waals surface area contributed by atoms with Crippen molar-refractivity contribution in [2.24, 2.45) is 0 Å². The molecule has 0 radical (unpaired) electrons. The Morgan fingerprint density at radius 3 is 2.45 bits per heavy atom. The van der Waals surface area contributed by atoms with Crippen LogP contribution in [0.25, 0.3) is 0 Å². The lowest BCUT2D eigenvalue weighted by Crippen LogP contribution is -2.41. The molecule has 0 fully saturated rings. The summed E-state index contributed by atoms with van der Waals surface area (Å²) in [4.78, 5) is 12.7. The summed E-state index contributed by atoms with van der Waals surface area (Å²) >= 11 is 6.21. The van der Waals surface area contributed by atoms with Gasteiger partial charge in [0.15, 0.2) is 0 Å². The highest BCUT2D eigenvalue weighted by Gasteiger charge is 2.28. The summed E-state index contributed by atoms with van der Waals surface area (Å²) in [6, 6.07) is 14.9. The molecule has 1 N–H and O–H groups in total. The van der Waals surface area contributed by atoms with Crippen molar-refractivity contribution in [3.05, 3.63) is 82.8 Å². The molecule has 1 aromatic heterocycles. The van der Waals surface area contributed by atoms with Gasteiger partial charge in [-0.15, -0.1) is 0 Å². The number of rotatable bonds is 7. The number of hydrogen-bond donors (Lipinski definition) is 1. The average molecular weight is 433 g/mol. The highest BCUT2D eigenvalue weighted by molar-refractivity contribution is 7.92. The van der Waals surface area contributed by atoms with E-state index in [4.69, 9.17) is 16.0 Å². The Hall–Kier alpha value is -2.77. The SMILES string of the molecule is Cc1ccc(S(=O)(=O)N(CC(=O)NCc2ccco2)c2cccc(Cl)c2C)cc1. The summed E-state index contributed by atoms with van der Waals surface area (Å²) in [6.45, 7) is 3.37. The number of hydrogen-bond acceptors (Lipinski definition) is 4. The molecule has 152 valence electrons. The maximum atomic E-state index is 13.4.